The second kappa shape index (κ2) is 9.57. The molecule has 0 saturated carbocycles. The Morgan fingerprint density at radius 2 is 1.62 bits per heavy atom. The molecule has 6 nitrogen and oxygen atoms in total. The third kappa shape index (κ3) is 5.30. The lowest BCUT2D eigenvalue weighted by molar-refractivity contribution is -0.137. The van der Waals surface area contributed by atoms with E-state index in [4.69, 9.17) is 11.6 Å². The predicted molar refractivity (Wildman–Crippen MR) is 125 cm³/mol. The van der Waals surface area contributed by atoms with Crippen LogP contribution in [0.1, 0.15) is 5.56 Å². The number of halogens is 4. The zero-order valence-electron chi connectivity index (χ0n) is 17.5. The van der Waals surface area contributed by atoms with Gasteiger partial charge < -0.3 is 5.32 Å². The summed E-state index contributed by atoms with van der Waals surface area (Å²) in [7, 11) is -4.14. The molecule has 0 spiro atoms. The Bertz CT molecular complexity index is 1450. The van der Waals surface area contributed by atoms with Gasteiger partial charge in [-0.15, -0.1) is 0 Å². The van der Waals surface area contributed by atoms with Crippen molar-refractivity contribution in [2.24, 2.45) is 0 Å². The molecule has 0 bridgehead atoms. The minimum absolute atomic E-state index is 0.0850. The third-order valence-electron chi connectivity index (χ3n) is 4.90. The van der Waals surface area contributed by atoms with Gasteiger partial charge >= 0.3 is 6.18 Å². The Hall–Kier alpha value is -3.21. The van der Waals surface area contributed by atoms with E-state index in [2.05, 4.69) is 20.0 Å². The van der Waals surface area contributed by atoms with Gasteiger partial charge in [0.1, 0.15) is 5.82 Å². The van der Waals surface area contributed by atoms with Gasteiger partial charge in [-0.05, 0) is 42.5 Å². The van der Waals surface area contributed by atoms with Gasteiger partial charge in [-0.1, -0.05) is 41.9 Å². The highest BCUT2D eigenvalue weighted by atomic mass is 35.5. The van der Waals surface area contributed by atoms with E-state index in [9.17, 15) is 21.6 Å². The van der Waals surface area contributed by atoms with E-state index in [1.807, 2.05) is 30.3 Å². The first kappa shape index (κ1) is 23.9. The molecule has 0 fully saturated rings. The number of fused-ring (bicyclic) bond motifs is 1. The highest BCUT2D eigenvalue weighted by molar-refractivity contribution is 7.89. The smallest absolute Gasteiger partial charge is 0.368 e. The van der Waals surface area contributed by atoms with Crippen molar-refractivity contribution in [3.8, 4) is 11.4 Å². The number of nitrogens with one attached hydrogen (secondary N) is 2. The Morgan fingerprint density at radius 1 is 0.882 bits per heavy atom. The molecule has 2 N–H and O–H groups in total. The first-order valence-corrected chi connectivity index (χ1v) is 11.9. The molecule has 176 valence electrons. The number of nitrogens with zero attached hydrogens (tertiary/aromatic N) is 2. The Labute approximate surface area is 198 Å². The SMILES string of the molecule is O=S(=O)(NCCNc1nc(-c2ccccc2Cl)nc2ccccc12)c1cccc(C(F)(F)F)c1. The number of alkyl halides is 3. The summed E-state index contributed by atoms with van der Waals surface area (Å²) in [5.74, 6) is 0.870. The highest BCUT2D eigenvalue weighted by Gasteiger charge is 2.31. The summed E-state index contributed by atoms with van der Waals surface area (Å²) in [5, 5.41) is 4.28. The van der Waals surface area contributed by atoms with Crippen molar-refractivity contribution in [1.29, 1.82) is 0 Å². The largest absolute Gasteiger partial charge is 0.416 e. The van der Waals surface area contributed by atoms with E-state index >= 15 is 0 Å². The standard InChI is InChI=1S/C23H18ClF3N4O2S/c24-19-10-3-1-8-17(19)22-30-20-11-4-2-9-18(20)21(31-22)28-12-13-29-34(32,33)16-7-5-6-15(14-16)23(25,26)27/h1-11,14,29H,12-13H2,(H,28,30,31). The molecular weight excluding hydrogens is 489 g/mol. The van der Waals surface area contributed by atoms with E-state index < -0.39 is 26.7 Å². The lowest BCUT2D eigenvalue weighted by Crippen LogP contribution is -2.29. The van der Waals surface area contributed by atoms with Crippen LogP contribution in [-0.4, -0.2) is 31.5 Å². The van der Waals surface area contributed by atoms with Crippen LogP contribution in [0.25, 0.3) is 22.3 Å². The summed E-state index contributed by atoms with van der Waals surface area (Å²) in [6.07, 6.45) is -4.64. The van der Waals surface area contributed by atoms with E-state index in [-0.39, 0.29) is 13.1 Å². The lowest BCUT2D eigenvalue weighted by Gasteiger charge is -2.13. The molecule has 34 heavy (non-hydrogen) atoms. The molecule has 0 aliphatic carbocycles. The van der Waals surface area contributed by atoms with Crippen LogP contribution in [0.15, 0.2) is 77.7 Å². The molecule has 0 aliphatic heterocycles. The van der Waals surface area contributed by atoms with Gasteiger partial charge in [0.25, 0.3) is 0 Å². The fourth-order valence-electron chi connectivity index (χ4n) is 3.26. The topological polar surface area (TPSA) is 84.0 Å². The fourth-order valence-corrected chi connectivity index (χ4v) is 4.56. The Balaban J connectivity index is 1.51. The van der Waals surface area contributed by atoms with Crippen LogP contribution in [0, 0.1) is 0 Å². The zero-order chi connectivity index (χ0) is 24.3. The zero-order valence-corrected chi connectivity index (χ0v) is 19.0. The van der Waals surface area contributed by atoms with E-state index in [0.29, 0.717) is 33.8 Å². The molecule has 0 atom stereocenters. The lowest BCUT2D eigenvalue weighted by atomic mass is 10.2. The second-order valence-electron chi connectivity index (χ2n) is 7.24. The van der Waals surface area contributed by atoms with Gasteiger partial charge in [-0.25, -0.2) is 23.1 Å². The molecule has 0 aliphatic rings. The van der Waals surface area contributed by atoms with Crippen LogP contribution in [-0.2, 0) is 16.2 Å². The summed E-state index contributed by atoms with van der Waals surface area (Å²) in [5.41, 5.74) is 0.274. The fraction of sp³-hybridized carbons (Fsp3) is 0.130. The van der Waals surface area contributed by atoms with Crippen molar-refractivity contribution in [2.75, 3.05) is 18.4 Å². The molecule has 4 aromatic rings. The van der Waals surface area contributed by atoms with E-state index in [1.165, 1.54) is 0 Å². The molecule has 0 radical (unpaired) electrons. The first-order chi connectivity index (χ1) is 16.1. The van der Waals surface area contributed by atoms with Crippen molar-refractivity contribution in [1.82, 2.24) is 14.7 Å². The maximum Gasteiger partial charge on any atom is 0.416 e. The van der Waals surface area contributed by atoms with Crippen molar-refractivity contribution in [3.05, 3.63) is 83.4 Å². The van der Waals surface area contributed by atoms with Crippen molar-refractivity contribution in [3.63, 3.8) is 0 Å². The maximum absolute atomic E-state index is 12.9. The van der Waals surface area contributed by atoms with Crippen LogP contribution >= 0.6 is 11.6 Å². The number of sulfonamides is 1. The molecule has 0 unspecified atom stereocenters. The number of aromatic nitrogens is 2. The Kier molecular flexibility index (Phi) is 6.74. The first-order valence-electron chi connectivity index (χ1n) is 10.1. The van der Waals surface area contributed by atoms with Crippen LogP contribution in [0.4, 0.5) is 19.0 Å². The number of hydrogen-bond acceptors (Lipinski definition) is 5. The molecule has 0 saturated heterocycles. The van der Waals surface area contributed by atoms with Crippen LogP contribution in [0.5, 0.6) is 0 Å². The minimum Gasteiger partial charge on any atom is -0.368 e. The average Bonchev–Trinajstić information content (AvgIpc) is 2.81. The van der Waals surface area contributed by atoms with Crippen LogP contribution in [0.2, 0.25) is 5.02 Å². The summed E-state index contributed by atoms with van der Waals surface area (Å²) in [6.45, 7) is 0.0412. The normalized spacial score (nSPS) is 12.1. The van der Waals surface area contributed by atoms with E-state index in [1.54, 1.807) is 18.2 Å². The summed E-state index contributed by atoms with van der Waals surface area (Å²) in [6, 6.07) is 18.0. The van der Waals surface area contributed by atoms with E-state index in [0.717, 1.165) is 23.6 Å². The number of hydrogen-bond donors (Lipinski definition) is 2. The van der Waals surface area contributed by atoms with Gasteiger partial charge in [0.15, 0.2) is 5.82 Å². The van der Waals surface area contributed by atoms with Gasteiger partial charge in [0.2, 0.25) is 10.0 Å². The van der Waals surface area contributed by atoms with Crippen molar-refractivity contribution >= 4 is 38.3 Å². The van der Waals surface area contributed by atoms with Crippen LogP contribution < -0.4 is 10.0 Å². The average molecular weight is 507 g/mol. The molecular formula is C23H18ClF3N4O2S. The quantitative estimate of drug-likeness (QED) is 0.330. The number of benzene rings is 3. The van der Waals surface area contributed by atoms with Crippen molar-refractivity contribution < 1.29 is 21.6 Å². The Morgan fingerprint density at radius 3 is 2.38 bits per heavy atom. The van der Waals surface area contributed by atoms with Gasteiger partial charge in [0.05, 0.1) is 21.0 Å². The second-order valence-corrected chi connectivity index (χ2v) is 9.42. The number of para-hydroxylation sites is 1. The summed E-state index contributed by atoms with van der Waals surface area (Å²) >= 11 is 6.29. The maximum atomic E-state index is 12.9. The predicted octanol–water partition coefficient (Wildman–Crippen LogP) is 5.36. The summed E-state index contributed by atoms with van der Waals surface area (Å²) < 4.78 is 66.0. The highest BCUT2D eigenvalue weighted by Crippen LogP contribution is 2.31. The summed E-state index contributed by atoms with van der Waals surface area (Å²) in [4.78, 5) is 8.65. The molecule has 1 aromatic heterocycles. The van der Waals surface area contributed by atoms with Crippen LogP contribution in [0.3, 0.4) is 0 Å². The number of anilines is 1. The minimum atomic E-state index is -4.64. The van der Waals surface area contributed by atoms with Gasteiger partial charge in [-0.3, -0.25) is 0 Å². The molecule has 4 rings (SSSR count). The molecule has 3 aromatic carbocycles. The molecule has 11 heteroatoms. The monoisotopic (exact) mass is 506 g/mol. The third-order valence-corrected chi connectivity index (χ3v) is 6.69. The molecule has 1 heterocycles. The van der Waals surface area contributed by atoms with Crippen molar-refractivity contribution in [2.45, 2.75) is 11.1 Å². The number of rotatable bonds is 7. The molecule has 0 amide bonds. The van der Waals surface area contributed by atoms with Gasteiger partial charge in [-0.2, -0.15) is 13.2 Å². The van der Waals surface area contributed by atoms with Gasteiger partial charge in [0, 0.05) is 24.0 Å².